The number of aromatic nitrogens is 3. The number of nitrogens with zero attached hydrogens (tertiary/aromatic N) is 3. The van der Waals surface area contributed by atoms with Gasteiger partial charge in [-0.3, -0.25) is 14.1 Å². The van der Waals surface area contributed by atoms with Crippen LogP contribution >= 0.6 is 0 Å². The first kappa shape index (κ1) is 16.1. The van der Waals surface area contributed by atoms with Crippen LogP contribution in [0.5, 0.6) is 0 Å². The van der Waals surface area contributed by atoms with Crippen LogP contribution in [0.25, 0.3) is 16.7 Å². The van der Waals surface area contributed by atoms with Crippen molar-refractivity contribution in [2.45, 2.75) is 45.2 Å². The van der Waals surface area contributed by atoms with Gasteiger partial charge in [0.1, 0.15) is 0 Å². The van der Waals surface area contributed by atoms with Crippen LogP contribution < -0.4 is 11.4 Å². The summed E-state index contributed by atoms with van der Waals surface area (Å²) >= 11 is 0. The van der Waals surface area contributed by atoms with Gasteiger partial charge in [-0.25, -0.2) is 4.79 Å². The normalized spacial score (nSPS) is 20.9. The second kappa shape index (κ2) is 6.48. The zero-order chi connectivity index (χ0) is 17.4. The van der Waals surface area contributed by atoms with Gasteiger partial charge in [-0.05, 0) is 62.8 Å². The van der Waals surface area contributed by atoms with Gasteiger partial charge in [-0.2, -0.15) is 0 Å². The standard InChI is InChI=1S/C20H24N4O/c1-14-6-11-17(12-22-14)24-19-5-3-2-4-18(19)23(20(24)25)13-15-7-9-16(21)10-8-15/h2-6,11-12,15-16H,7-10,13,21H2,1H3/t15-,16-. The summed E-state index contributed by atoms with van der Waals surface area (Å²) in [6.07, 6.45) is 6.07. The Balaban J connectivity index is 1.78. The van der Waals surface area contributed by atoms with Crippen molar-refractivity contribution in [2.75, 3.05) is 0 Å². The van der Waals surface area contributed by atoms with Gasteiger partial charge in [0.05, 0.1) is 22.9 Å². The van der Waals surface area contributed by atoms with Crippen molar-refractivity contribution in [3.8, 4) is 5.69 Å². The molecular formula is C20H24N4O. The number of rotatable bonds is 3. The Hall–Kier alpha value is -2.40. The molecule has 4 rings (SSSR count). The molecule has 5 nitrogen and oxygen atoms in total. The summed E-state index contributed by atoms with van der Waals surface area (Å²) in [6.45, 7) is 2.71. The van der Waals surface area contributed by atoms with Crippen molar-refractivity contribution in [2.24, 2.45) is 11.7 Å². The molecule has 2 aromatic heterocycles. The second-order valence-electron chi connectivity index (χ2n) is 7.16. The van der Waals surface area contributed by atoms with Gasteiger partial charge >= 0.3 is 5.69 Å². The number of para-hydroxylation sites is 2. The summed E-state index contributed by atoms with van der Waals surface area (Å²) in [7, 11) is 0. The van der Waals surface area contributed by atoms with E-state index < -0.39 is 0 Å². The third kappa shape index (κ3) is 3.00. The fourth-order valence-electron chi connectivity index (χ4n) is 3.86. The van der Waals surface area contributed by atoms with E-state index in [1.54, 1.807) is 10.8 Å². The molecule has 0 saturated heterocycles. The predicted molar refractivity (Wildman–Crippen MR) is 100 cm³/mol. The molecule has 25 heavy (non-hydrogen) atoms. The van der Waals surface area contributed by atoms with Gasteiger partial charge < -0.3 is 5.73 Å². The lowest BCUT2D eigenvalue weighted by molar-refractivity contribution is 0.294. The number of aryl methyl sites for hydroxylation is 1. The zero-order valence-corrected chi connectivity index (χ0v) is 14.6. The highest BCUT2D eigenvalue weighted by molar-refractivity contribution is 5.78. The van der Waals surface area contributed by atoms with Gasteiger partial charge in [0, 0.05) is 18.3 Å². The van der Waals surface area contributed by atoms with Crippen LogP contribution in [0.4, 0.5) is 0 Å². The Morgan fingerprint density at radius 2 is 1.80 bits per heavy atom. The first-order valence-corrected chi connectivity index (χ1v) is 9.02. The lowest BCUT2D eigenvalue weighted by atomic mass is 9.86. The maximum absolute atomic E-state index is 13.2. The van der Waals surface area contributed by atoms with Gasteiger partial charge in [-0.1, -0.05) is 12.1 Å². The van der Waals surface area contributed by atoms with Crippen LogP contribution in [0, 0.1) is 12.8 Å². The average molecular weight is 336 g/mol. The fraction of sp³-hybridized carbons (Fsp3) is 0.400. The van der Waals surface area contributed by atoms with E-state index in [4.69, 9.17) is 5.73 Å². The van der Waals surface area contributed by atoms with E-state index in [1.165, 1.54) is 0 Å². The molecule has 1 fully saturated rings. The van der Waals surface area contributed by atoms with E-state index in [-0.39, 0.29) is 5.69 Å². The Morgan fingerprint density at radius 1 is 1.08 bits per heavy atom. The zero-order valence-electron chi connectivity index (χ0n) is 14.6. The third-order valence-electron chi connectivity index (χ3n) is 5.32. The smallest absolute Gasteiger partial charge is 0.328 e. The Bertz CT molecular complexity index is 930. The number of pyridine rings is 1. The molecule has 0 unspecified atom stereocenters. The van der Waals surface area contributed by atoms with Crippen molar-refractivity contribution in [1.29, 1.82) is 0 Å². The maximum Gasteiger partial charge on any atom is 0.333 e. The van der Waals surface area contributed by atoms with Crippen LogP contribution in [0.2, 0.25) is 0 Å². The first-order chi connectivity index (χ1) is 12.1. The molecule has 130 valence electrons. The SMILES string of the molecule is Cc1ccc(-n2c(=O)n(C[C@H]3CC[C@H](N)CC3)c3ccccc32)cn1. The summed E-state index contributed by atoms with van der Waals surface area (Å²) in [5.74, 6) is 0.521. The molecule has 0 atom stereocenters. The molecule has 0 bridgehead atoms. The van der Waals surface area contributed by atoms with E-state index in [0.717, 1.165) is 54.6 Å². The van der Waals surface area contributed by atoms with Crippen molar-refractivity contribution in [3.05, 3.63) is 58.8 Å². The molecule has 0 amide bonds. The largest absolute Gasteiger partial charge is 0.333 e. The molecule has 1 aliphatic rings. The number of hydrogen-bond acceptors (Lipinski definition) is 3. The van der Waals surface area contributed by atoms with Gasteiger partial charge in [-0.15, -0.1) is 0 Å². The van der Waals surface area contributed by atoms with Crippen LogP contribution in [0.3, 0.4) is 0 Å². The first-order valence-electron chi connectivity index (χ1n) is 9.02. The average Bonchev–Trinajstić information content (AvgIpc) is 2.90. The fourth-order valence-corrected chi connectivity index (χ4v) is 3.86. The molecule has 1 saturated carbocycles. The molecule has 1 aromatic carbocycles. The lowest BCUT2D eigenvalue weighted by Crippen LogP contribution is -2.31. The molecule has 2 heterocycles. The molecule has 0 radical (unpaired) electrons. The maximum atomic E-state index is 13.2. The number of nitrogens with two attached hydrogens (primary N) is 1. The van der Waals surface area contributed by atoms with E-state index in [1.807, 2.05) is 47.9 Å². The van der Waals surface area contributed by atoms with Crippen LogP contribution in [-0.4, -0.2) is 20.2 Å². The van der Waals surface area contributed by atoms with Crippen molar-refractivity contribution >= 4 is 11.0 Å². The minimum Gasteiger partial charge on any atom is -0.328 e. The number of hydrogen-bond donors (Lipinski definition) is 1. The highest BCUT2D eigenvalue weighted by atomic mass is 16.1. The molecular weight excluding hydrogens is 312 g/mol. The Kier molecular flexibility index (Phi) is 4.17. The highest BCUT2D eigenvalue weighted by Crippen LogP contribution is 2.26. The quantitative estimate of drug-likeness (QED) is 0.799. The second-order valence-corrected chi connectivity index (χ2v) is 7.16. The van der Waals surface area contributed by atoms with Crippen LogP contribution in [0.15, 0.2) is 47.4 Å². The number of imidazole rings is 1. The van der Waals surface area contributed by atoms with Gasteiger partial charge in [0.2, 0.25) is 0 Å². The number of benzene rings is 1. The van der Waals surface area contributed by atoms with Crippen molar-refractivity contribution < 1.29 is 0 Å². The summed E-state index contributed by atoms with van der Waals surface area (Å²) in [4.78, 5) is 17.5. The van der Waals surface area contributed by atoms with Gasteiger partial charge in [0.15, 0.2) is 0 Å². The number of fused-ring (bicyclic) bond motifs is 1. The predicted octanol–water partition coefficient (Wildman–Crippen LogP) is 3.01. The molecule has 5 heteroatoms. The third-order valence-corrected chi connectivity index (χ3v) is 5.32. The van der Waals surface area contributed by atoms with E-state index >= 15 is 0 Å². The minimum absolute atomic E-state index is 0.0155. The Morgan fingerprint density at radius 3 is 2.48 bits per heavy atom. The highest BCUT2D eigenvalue weighted by Gasteiger charge is 2.22. The summed E-state index contributed by atoms with van der Waals surface area (Å²) < 4.78 is 3.70. The van der Waals surface area contributed by atoms with Crippen LogP contribution in [-0.2, 0) is 6.54 Å². The van der Waals surface area contributed by atoms with Gasteiger partial charge in [0.25, 0.3) is 0 Å². The van der Waals surface area contributed by atoms with E-state index in [2.05, 4.69) is 4.98 Å². The molecule has 0 spiro atoms. The summed E-state index contributed by atoms with van der Waals surface area (Å²) in [5.41, 5.74) is 9.72. The van der Waals surface area contributed by atoms with Crippen molar-refractivity contribution in [3.63, 3.8) is 0 Å². The monoisotopic (exact) mass is 336 g/mol. The molecule has 1 aliphatic carbocycles. The molecule has 0 aliphatic heterocycles. The minimum atomic E-state index is 0.0155. The summed E-state index contributed by atoms with van der Waals surface area (Å²) in [5, 5.41) is 0. The van der Waals surface area contributed by atoms with Crippen LogP contribution in [0.1, 0.15) is 31.4 Å². The van der Waals surface area contributed by atoms with E-state index in [0.29, 0.717) is 12.0 Å². The lowest BCUT2D eigenvalue weighted by Gasteiger charge is -2.26. The Labute approximate surface area is 147 Å². The summed E-state index contributed by atoms with van der Waals surface area (Å²) in [6, 6.07) is 12.2. The molecule has 3 aromatic rings. The van der Waals surface area contributed by atoms with Crippen molar-refractivity contribution in [1.82, 2.24) is 14.1 Å². The topological polar surface area (TPSA) is 65.8 Å². The molecule has 2 N–H and O–H groups in total. The van der Waals surface area contributed by atoms with E-state index in [9.17, 15) is 4.79 Å².